The average Bonchev–Trinajstić information content (AvgIpc) is 3.04. The predicted molar refractivity (Wildman–Crippen MR) is 79.0 cm³/mol. The zero-order valence-corrected chi connectivity index (χ0v) is 12.2. The Morgan fingerprint density at radius 1 is 1.14 bits per heavy atom. The minimum absolute atomic E-state index is 0.262. The number of hydrogen-bond acceptors (Lipinski definition) is 5. The number of aromatic nitrogens is 5. The molecule has 8 heteroatoms. The molecule has 0 saturated heterocycles. The van der Waals surface area contributed by atoms with Crippen LogP contribution in [0.4, 0.5) is 5.82 Å². The molecule has 3 heterocycles. The van der Waals surface area contributed by atoms with Crippen LogP contribution in [0.25, 0.3) is 5.82 Å². The van der Waals surface area contributed by atoms with Crippen LogP contribution in [0.3, 0.4) is 0 Å². The Hall–Kier alpha value is -2.61. The molecule has 0 bridgehead atoms. The summed E-state index contributed by atoms with van der Waals surface area (Å²) in [7, 11) is 0. The number of amides is 1. The molecular formula is C13H9BrN6O. The Morgan fingerprint density at radius 3 is 2.67 bits per heavy atom. The van der Waals surface area contributed by atoms with Crippen molar-refractivity contribution in [3.05, 3.63) is 59.3 Å². The molecule has 3 aromatic heterocycles. The van der Waals surface area contributed by atoms with Crippen molar-refractivity contribution in [2.45, 2.75) is 0 Å². The van der Waals surface area contributed by atoms with Gasteiger partial charge in [-0.05, 0) is 40.2 Å². The monoisotopic (exact) mass is 344 g/mol. The number of hydrogen-bond donors (Lipinski definition) is 1. The van der Waals surface area contributed by atoms with Crippen LogP contribution < -0.4 is 5.32 Å². The van der Waals surface area contributed by atoms with E-state index in [4.69, 9.17) is 0 Å². The highest BCUT2D eigenvalue weighted by Gasteiger charge is 2.09. The molecule has 1 N–H and O–H groups in total. The summed E-state index contributed by atoms with van der Waals surface area (Å²) in [6.07, 6.45) is 6.20. The molecule has 0 unspecified atom stereocenters. The molecule has 0 radical (unpaired) electrons. The minimum Gasteiger partial charge on any atom is -0.307 e. The number of halogens is 1. The van der Waals surface area contributed by atoms with Crippen molar-refractivity contribution >= 4 is 27.7 Å². The molecule has 104 valence electrons. The standard InChI is InChI=1S/C13H9BrN6O/c14-10-1-2-11(16-6-10)19-13(21)9-3-4-15-12(5-9)20-7-17-18-8-20/h1-8H,(H,16,19,21). The molecule has 0 saturated carbocycles. The van der Waals surface area contributed by atoms with Crippen molar-refractivity contribution < 1.29 is 4.79 Å². The molecule has 0 atom stereocenters. The zero-order chi connectivity index (χ0) is 14.7. The molecule has 0 spiro atoms. The van der Waals surface area contributed by atoms with Gasteiger partial charge in [-0.3, -0.25) is 9.36 Å². The predicted octanol–water partition coefficient (Wildman–Crippen LogP) is 2.07. The van der Waals surface area contributed by atoms with E-state index in [1.165, 1.54) is 12.7 Å². The topological polar surface area (TPSA) is 85.6 Å². The van der Waals surface area contributed by atoms with Crippen molar-refractivity contribution in [3.8, 4) is 5.82 Å². The molecule has 7 nitrogen and oxygen atoms in total. The summed E-state index contributed by atoms with van der Waals surface area (Å²) >= 11 is 3.29. The highest BCUT2D eigenvalue weighted by Crippen LogP contribution is 2.12. The van der Waals surface area contributed by atoms with Gasteiger partial charge in [-0.1, -0.05) is 0 Å². The first-order chi connectivity index (χ1) is 10.2. The van der Waals surface area contributed by atoms with Crippen LogP contribution >= 0.6 is 15.9 Å². The van der Waals surface area contributed by atoms with Gasteiger partial charge in [-0.25, -0.2) is 9.97 Å². The van der Waals surface area contributed by atoms with Crippen LogP contribution in [0.5, 0.6) is 0 Å². The summed E-state index contributed by atoms with van der Waals surface area (Å²) in [6, 6.07) is 6.79. The third kappa shape index (κ3) is 3.11. The molecule has 0 fully saturated rings. The lowest BCUT2D eigenvalue weighted by atomic mass is 10.2. The fraction of sp³-hybridized carbons (Fsp3) is 0. The lowest BCUT2D eigenvalue weighted by molar-refractivity contribution is 0.102. The molecule has 0 aliphatic rings. The Bertz CT molecular complexity index is 757. The second kappa shape index (κ2) is 5.80. The number of anilines is 1. The van der Waals surface area contributed by atoms with Crippen molar-refractivity contribution in [2.75, 3.05) is 5.32 Å². The van der Waals surface area contributed by atoms with Gasteiger partial charge in [0, 0.05) is 22.4 Å². The van der Waals surface area contributed by atoms with E-state index in [2.05, 4.69) is 41.4 Å². The van der Waals surface area contributed by atoms with E-state index in [-0.39, 0.29) is 5.91 Å². The highest BCUT2D eigenvalue weighted by molar-refractivity contribution is 9.10. The van der Waals surface area contributed by atoms with Crippen LogP contribution in [0.2, 0.25) is 0 Å². The minimum atomic E-state index is -0.262. The highest BCUT2D eigenvalue weighted by atomic mass is 79.9. The van der Waals surface area contributed by atoms with Gasteiger partial charge in [-0.15, -0.1) is 10.2 Å². The fourth-order valence-corrected chi connectivity index (χ4v) is 1.89. The Labute approximate surface area is 128 Å². The second-order valence-corrected chi connectivity index (χ2v) is 5.00. The molecule has 1 amide bonds. The van der Waals surface area contributed by atoms with Gasteiger partial charge in [-0.2, -0.15) is 0 Å². The average molecular weight is 345 g/mol. The van der Waals surface area contributed by atoms with Crippen molar-refractivity contribution in [1.29, 1.82) is 0 Å². The number of pyridine rings is 2. The molecule has 0 aliphatic carbocycles. The zero-order valence-electron chi connectivity index (χ0n) is 10.6. The van der Waals surface area contributed by atoms with Gasteiger partial charge in [0.15, 0.2) is 0 Å². The molecule has 3 rings (SSSR count). The third-order valence-electron chi connectivity index (χ3n) is 2.66. The first-order valence-corrected chi connectivity index (χ1v) is 6.75. The number of carbonyl (C=O) groups is 1. The molecule has 3 aromatic rings. The van der Waals surface area contributed by atoms with Crippen molar-refractivity contribution in [3.63, 3.8) is 0 Å². The van der Waals surface area contributed by atoms with Gasteiger partial charge in [0.1, 0.15) is 24.3 Å². The normalized spacial score (nSPS) is 10.3. The summed E-state index contributed by atoms with van der Waals surface area (Å²) in [4.78, 5) is 20.5. The third-order valence-corrected chi connectivity index (χ3v) is 3.13. The van der Waals surface area contributed by atoms with Gasteiger partial charge in [0.25, 0.3) is 5.91 Å². The smallest absolute Gasteiger partial charge is 0.257 e. The van der Waals surface area contributed by atoms with E-state index in [0.29, 0.717) is 17.2 Å². The second-order valence-electron chi connectivity index (χ2n) is 4.09. The SMILES string of the molecule is O=C(Nc1ccc(Br)cn1)c1ccnc(-n2cnnc2)c1. The van der Waals surface area contributed by atoms with E-state index in [9.17, 15) is 4.79 Å². The molecular weight excluding hydrogens is 336 g/mol. The number of carbonyl (C=O) groups excluding carboxylic acids is 1. The summed E-state index contributed by atoms with van der Waals surface area (Å²) in [5.74, 6) is 0.781. The quantitative estimate of drug-likeness (QED) is 0.785. The van der Waals surface area contributed by atoms with E-state index >= 15 is 0 Å². The Morgan fingerprint density at radius 2 is 1.95 bits per heavy atom. The van der Waals surface area contributed by atoms with Crippen molar-refractivity contribution in [1.82, 2.24) is 24.7 Å². The first-order valence-electron chi connectivity index (χ1n) is 5.96. The van der Waals surface area contributed by atoms with Gasteiger partial charge in [0.2, 0.25) is 0 Å². The van der Waals surface area contributed by atoms with E-state index in [1.54, 1.807) is 41.2 Å². The summed E-state index contributed by atoms with van der Waals surface area (Å²) < 4.78 is 2.47. The molecule has 21 heavy (non-hydrogen) atoms. The number of nitrogens with zero attached hydrogens (tertiary/aromatic N) is 5. The Kier molecular flexibility index (Phi) is 3.69. The maximum atomic E-state index is 12.2. The largest absolute Gasteiger partial charge is 0.307 e. The summed E-state index contributed by atoms with van der Waals surface area (Å²) in [5, 5.41) is 10.1. The number of nitrogens with one attached hydrogen (secondary N) is 1. The van der Waals surface area contributed by atoms with Crippen LogP contribution in [-0.2, 0) is 0 Å². The van der Waals surface area contributed by atoms with Gasteiger partial charge >= 0.3 is 0 Å². The van der Waals surface area contributed by atoms with Gasteiger partial charge < -0.3 is 5.32 Å². The van der Waals surface area contributed by atoms with E-state index < -0.39 is 0 Å². The van der Waals surface area contributed by atoms with Crippen LogP contribution in [0, 0.1) is 0 Å². The van der Waals surface area contributed by atoms with Gasteiger partial charge in [0.05, 0.1) is 0 Å². The molecule has 0 aliphatic heterocycles. The van der Waals surface area contributed by atoms with Crippen LogP contribution in [0.15, 0.2) is 53.8 Å². The lowest BCUT2D eigenvalue weighted by Gasteiger charge is -2.06. The maximum absolute atomic E-state index is 12.2. The van der Waals surface area contributed by atoms with Crippen LogP contribution in [0.1, 0.15) is 10.4 Å². The number of rotatable bonds is 3. The van der Waals surface area contributed by atoms with E-state index in [0.717, 1.165) is 4.47 Å². The first kappa shape index (κ1) is 13.4. The fourth-order valence-electron chi connectivity index (χ4n) is 1.66. The molecule has 0 aromatic carbocycles. The lowest BCUT2D eigenvalue weighted by Crippen LogP contribution is -2.13. The summed E-state index contributed by atoms with van der Waals surface area (Å²) in [6.45, 7) is 0. The Balaban J connectivity index is 1.81. The maximum Gasteiger partial charge on any atom is 0.257 e. The van der Waals surface area contributed by atoms with Crippen molar-refractivity contribution in [2.24, 2.45) is 0 Å². The summed E-state index contributed by atoms with van der Waals surface area (Å²) in [5.41, 5.74) is 0.471. The van der Waals surface area contributed by atoms with Crippen LogP contribution in [-0.4, -0.2) is 30.6 Å². The van der Waals surface area contributed by atoms with E-state index in [1.807, 2.05) is 0 Å².